The maximum absolute atomic E-state index is 3.24. The summed E-state index contributed by atoms with van der Waals surface area (Å²) < 4.78 is 0. The summed E-state index contributed by atoms with van der Waals surface area (Å²) in [5.74, 6) is 0. The molecule has 1 nitrogen and oxygen atoms in total. The number of hydrogen-bond acceptors (Lipinski definition) is 0. The molecule has 0 fully saturated rings. The lowest BCUT2D eigenvalue weighted by Crippen LogP contribution is -1.72. The van der Waals surface area contributed by atoms with Gasteiger partial charge in [0.15, 0.2) is 0 Å². The minimum atomic E-state index is 0. The van der Waals surface area contributed by atoms with Crippen molar-refractivity contribution in [2.45, 2.75) is 20.8 Å². The van der Waals surface area contributed by atoms with E-state index in [-0.39, 0.29) is 7.43 Å². The number of aromatic amines is 1. The van der Waals surface area contributed by atoms with E-state index in [0.29, 0.717) is 0 Å². The lowest BCUT2D eigenvalue weighted by Gasteiger charge is -1.90. The lowest BCUT2D eigenvalue weighted by molar-refractivity contribution is 1.15. The fourth-order valence-electron chi connectivity index (χ4n) is 1.42. The van der Waals surface area contributed by atoms with Gasteiger partial charge in [-0.1, -0.05) is 32.5 Å². The van der Waals surface area contributed by atoms with Gasteiger partial charge < -0.3 is 4.98 Å². The Hall–Kier alpha value is -1.24. The first-order chi connectivity index (χ1) is 5.42. The summed E-state index contributed by atoms with van der Waals surface area (Å²) in [5, 5.41) is 1.36. The molecule has 0 bridgehead atoms. The lowest BCUT2D eigenvalue weighted by atomic mass is 10.1. The van der Waals surface area contributed by atoms with Crippen LogP contribution in [0.3, 0.4) is 0 Å². The molecule has 0 spiro atoms. The van der Waals surface area contributed by atoms with Gasteiger partial charge in [0.25, 0.3) is 0 Å². The highest BCUT2D eigenvalue weighted by atomic mass is 14.7. The molecule has 64 valence electrons. The van der Waals surface area contributed by atoms with E-state index in [1.807, 2.05) is 0 Å². The van der Waals surface area contributed by atoms with Crippen molar-refractivity contribution < 1.29 is 0 Å². The van der Waals surface area contributed by atoms with E-state index in [4.69, 9.17) is 0 Å². The maximum Gasteiger partial charge on any atom is 0.0456 e. The molecule has 0 aliphatic heterocycles. The second-order valence-electron chi connectivity index (χ2n) is 2.71. The summed E-state index contributed by atoms with van der Waals surface area (Å²) >= 11 is 0. The molecular weight excluding hydrogens is 146 g/mol. The topological polar surface area (TPSA) is 15.8 Å². The summed E-state index contributed by atoms with van der Waals surface area (Å²) in [4.78, 5) is 3.24. The van der Waals surface area contributed by atoms with Crippen LogP contribution in [0.25, 0.3) is 10.9 Å². The molecule has 0 saturated heterocycles. The zero-order valence-electron chi connectivity index (χ0n) is 6.59. The molecule has 12 heavy (non-hydrogen) atoms. The van der Waals surface area contributed by atoms with E-state index in [1.54, 1.807) is 0 Å². The number of H-pyrrole nitrogens is 1. The average Bonchev–Trinajstić information content (AvgIpc) is 2.47. The molecule has 0 saturated carbocycles. The van der Waals surface area contributed by atoms with Crippen LogP contribution >= 0.6 is 0 Å². The Morgan fingerprint density at radius 1 is 1.25 bits per heavy atom. The molecule has 1 aromatic heterocycles. The van der Waals surface area contributed by atoms with Gasteiger partial charge in [-0.05, 0) is 18.1 Å². The van der Waals surface area contributed by atoms with Gasteiger partial charge >= 0.3 is 0 Å². The summed E-state index contributed by atoms with van der Waals surface area (Å²) in [5.41, 5.74) is 2.64. The number of aryl methyl sites for hydroxylation is 1. The van der Waals surface area contributed by atoms with E-state index >= 15 is 0 Å². The van der Waals surface area contributed by atoms with Crippen molar-refractivity contribution in [1.82, 2.24) is 4.98 Å². The van der Waals surface area contributed by atoms with Gasteiger partial charge in [0.1, 0.15) is 0 Å². The molecule has 1 aromatic carbocycles. The van der Waals surface area contributed by atoms with Gasteiger partial charge in [-0.2, -0.15) is 0 Å². The van der Waals surface area contributed by atoms with Gasteiger partial charge in [0, 0.05) is 17.1 Å². The highest BCUT2D eigenvalue weighted by molar-refractivity contribution is 5.82. The number of nitrogens with one attached hydrogen (secondary N) is 1. The van der Waals surface area contributed by atoms with Crippen LogP contribution in [0.1, 0.15) is 19.9 Å². The summed E-state index contributed by atoms with van der Waals surface area (Å²) in [6.45, 7) is 2.18. The van der Waals surface area contributed by atoms with E-state index in [0.717, 1.165) is 6.42 Å². The number of rotatable bonds is 1. The van der Waals surface area contributed by atoms with E-state index < -0.39 is 0 Å². The highest BCUT2D eigenvalue weighted by Gasteiger charge is 1.97. The van der Waals surface area contributed by atoms with Gasteiger partial charge in [0.2, 0.25) is 0 Å². The van der Waals surface area contributed by atoms with Crippen LogP contribution in [0.5, 0.6) is 0 Å². The number of benzene rings is 1. The molecule has 2 rings (SSSR count). The molecule has 0 amide bonds. The van der Waals surface area contributed by atoms with Crippen LogP contribution in [0, 0.1) is 0 Å². The third kappa shape index (κ3) is 1.22. The first-order valence-electron chi connectivity index (χ1n) is 3.97. The second-order valence-corrected chi connectivity index (χ2v) is 2.71. The SMILES string of the molecule is C.CCc1c[nH]c2ccccc12. The molecule has 1 heteroatoms. The van der Waals surface area contributed by atoms with Gasteiger partial charge in [-0.3, -0.25) is 0 Å². The minimum absolute atomic E-state index is 0. The Morgan fingerprint density at radius 3 is 2.75 bits per heavy atom. The highest BCUT2D eigenvalue weighted by Crippen LogP contribution is 2.17. The number of fused-ring (bicyclic) bond motifs is 1. The molecule has 0 aliphatic carbocycles. The van der Waals surface area contributed by atoms with Crippen LogP contribution in [0.15, 0.2) is 30.5 Å². The van der Waals surface area contributed by atoms with Crippen LogP contribution < -0.4 is 0 Å². The first-order valence-corrected chi connectivity index (χ1v) is 3.97. The van der Waals surface area contributed by atoms with Crippen molar-refractivity contribution in [2.75, 3.05) is 0 Å². The number of para-hydroxylation sites is 1. The predicted molar refractivity (Wildman–Crippen MR) is 54.4 cm³/mol. The van der Waals surface area contributed by atoms with E-state index in [1.165, 1.54) is 16.5 Å². The van der Waals surface area contributed by atoms with Crippen molar-refractivity contribution in [3.8, 4) is 0 Å². The Balaban J connectivity index is 0.000000720. The van der Waals surface area contributed by atoms with Crippen molar-refractivity contribution in [2.24, 2.45) is 0 Å². The van der Waals surface area contributed by atoms with Crippen LogP contribution in [0.4, 0.5) is 0 Å². The van der Waals surface area contributed by atoms with Gasteiger partial charge in [-0.15, -0.1) is 0 Å². The molecule has 1 N–H and O–H groups in total. The molecule has 2 aromatic rings. The molecular formula is C11H15N. The fraction of sp³-hybridized carbons (Fsp3) is 0.273. The van der Waals surface area contributed by atoms with Gasteiger partial charge in [0.05, 0.1) is 0 Å². The van der Waals surface area contributed by atoms with Crippen molar-refractivity contribution in [1.29, 1.82) is 0 Å². The quantitative estimate of drug-likeness (QED) is 0.660. The Kier molecular flexibility index (Phi) is 2.54. The third-order valence-corrected chi connectivity index (χ3v) is 2.06. The van der Waals surface area contributed by atoms with Crippen LogP contribution in [-0.2, 0) is 6.42 Å². The molecule has 1 heterocycles. The minimum Gasteiger partial charge on any atom is -0.361 e. The van der Waals surface area contributed by atoms with Crippen LogP contribution in [-0.4, -0.2) is 4.98 Å². The molecule has 0 unspecified atom stereocenters. The number of hydrogen-bond donors (Lipinski definition) is 1. The molecule has 0 aliphatic rings. The van der Waals surface area contributed by atoms with Crippen molar-refractivity contribution in [3.63, 3.8) is 0 Å². The zero-order valence-corrected chi connectivity index (χ0v) is 6.59. The van der Waals surface area contributed by atoms with Gasteiger partial charge in [-0.25, -0.2) is 0 Å². The average molecular weight is 161 g/mol. The standard InChI is InChI=1S/C10H11N.CH4/c1-2-8-7-11-10-6-4-3-5-9(8)10;/h3-7,11H,2H2,1H3;1H4. The largest absolute Gasteiger partial charge is 0.361 e. The normalized spacial score (nSPS) is 9.75. The van der Waals surface area contributed by atoms with Crippen LogP contribution in [0.2, 0.25) is 0 Å². The Bertz CT molecular complexity index is 360. The third-order valence-electron chi connectivity index (χ3n) is 2.06. The smallest absolute Gasteiger partial charge is 0.0456 e. The Morgan fingerprint density at radius 2 is 2.00 bits per heavy atom. The summed E-state index contributed by atoms with van der Waals surface area (Å²) in [7, 11) is 0. The van der Waals surface area contributed by atoms with Crippen molar-refractivity contribution >= 4 is 10.9 Å². The fourth-order valence-corrected chi connectivity index (χ4v) is 1.42. The second kappa shape index (κ2) is 3.44. The van der Waals surface area contributed by atoms with E-state index in [2.05, 4.69) is 42.4 Å². The number of aromatic nitrogens is 1. The molecule has 0 atom stereocenters. The van der Waals surface area contributed by atoms with Crippen molar-refractivity contribution in [3.05, 3.63) is 36.0 Å². The monoisotopic (exact) mass is 161 g/mol. The maximum atomic E-state index is 3.24. The predicted octanol–water partition coefficient (Wildman–Crippen LogP) is 3.37. The Labute approximate surface area is 73.4 Å². The van der Waals surface area contributed by atoms with E-state index in [9.17, 15) is 0 Å². The first kappa shape index (κ1) is 8.85. The zero-order chi connectivity index (χ0) is 7.68. The summed E-state index contributed by atoms with van der Waals surface area (Å²) in [6.07, 6.45) is 3.19. The molecule has 0 radical (unpaired) electrons. The summed E-state index contributed by atoms with van der Waals surface area (Å²) in [6, 6.07) is 8.40.